The van der Waals surface area contributed by atoms with Crippen molar-refractivity contribution in [3.63, 3.8) is 0 Å². The van der Waals surface area contributed by atoms with Gasteiger partial charge in [-0.05, 0) is 38.2 Å². The van der Waals surface area contributed by atoms with Crippen LogP contribution in [-0.4, -0.2) is 37.5 Å². The number of guanidine groups is 1. The Morgan fingerprint density at radius 3 is 2.29 bits per heavy atom. The molecule has 0 spiro atoms. The molecular weight excluding hydrogens is 298 g/mol. The van der Waals surface area contributed by atoms with Gasteiger partial charge >= 0.3 is 0 Å². The Morgan fingerprint density at radius 1 is 1.08 bits per heavy atom. The van der Waals surface area contributed by atoms with Gasteiger partial charge in [0.1, 0.15) is 0 Å². The van der Waals surface area contributed by atoms with Crippen LogP contribution in [0.5, 0.6) is 0 Å². The fourth-order valence-electron chi connectivity index (χ4n) is 2.36. The molecule has 0 bridgehead atoms. The van der Waals surface area contributed by atoms with Crippen LogP contribution in [0.2, 0.25) is 0 Å². The van der Waals surface area contributed by atoms with Gasteiger partial charge in [-0.2, -0.15) is 5.26 Å². The van der Waals surface area contributed by atoms with Gasteiger partial charge in [-0.1, -0.05) is 48.5 Å². The van der Waals surface area contributed by atoms with Crippen molar-refractivity contribution < 1.29 is 0 Å². The summed E-state index contributed by atoms with van der Waals surface area (Å²) < 4.78 is 0. The Kier molecular flexibility index (Phi) is 6.81. The number of nitrogens with one attached hydrogen (secondary N) is 2. The van der Waals surface area contributed by atoms with Gasteiger partial charge in [-0.25, -0.2) is 0 Å². The molecule has 0 heterocycles. The van der Waals surface area contributed by atoms with Crippen molar-refractivity contribution in [3.8, 4) is 6.19 Å². The van der Waals surface area contributed by atoms with Crippen LogP contribution in [0, 0.1) is 11.5 Å². The molecule has 0 amide bonds. The molecule has 0 aromatic heterocycles. The number of nitriles is 1. The highest BCUT2D eigenvalue weighted by Gasteiger charge is 2.13. The van der Waals surface area contributed by atoms with E-state index in [4.69, 9.17) is 5.26 Å². The van der Waals surface area contributed by atoms with Crippen LogP contribution < -0.4 is 10.6 Å². The molecule has 0 aliphatic carbocycles. The minimum absolute atomic E-state index is 0.286. The molecule has 1 unspecified atom stereocenters. The predicted octanol–water partition coefficient (Wildman–Crippen LogP) is 2.70. The normalized spacial score (nSPS) is 12.5. The molecule has 5 nitrogen and oxygen atoms in total. The fraction of sp³-hybridized carbons (Fsp3) is 0.263. The van der Waals surface area contributed by atoms with Gasteiger partial charge in [-0.3, -0.25) is 0 Å². The molecule has 1 atom stereocenters. The topological polar surface area (TPSA) is 63.5 Å². The summed E-state index contributed by atoms with van der Waals surface area (Å²) in [5.74, 6) is 0.462. The molecule has 24 heavy (non-hydrogen) atoms. The van der Waals surface area contributed by atoms with E-state index in [1.54, 1.807) is 0 Å². The third-order valence-corrected chi connectivity index (χ3v) is 3.75. The van der Waals surface area contributed by atoms with Crippen molar-refractivity contribution in [2.24, 2.45) is 4.99 Å². The number of aliphatic imine (C=N–C) groups is 1. The van der Waals surface area contributed by atoms with E-state index < -0.39 is 0 Å². The highest BCUT2D eigenvalue weighted by Crippen LogP contribution is 2.07. The third-order valence-electron chi connectivity index (χ3n) is 3.75. The summed E-state index contributed by atoms with van der Waals surface area (Å²) in [7, 11) is 4.11. The lowest BCUT2D eigenvalue weighted by Gasteiger charge is -2.25. The molecule has 5 heteroatoms. The molecule has 124 valence electrons. The van der Waals surface area contributed by atoms with Gasteiger partial charge in [0.25, 0.3) is 0 Å². The average molecular weight is 321 g/mol. The summed E-state index contributed by atoms with van der Waals surface area (Å²) >= 11 is 0. The molecule has 2 N–H and O–H groups in total. The molecule has 0 aliphatic rings. The second-order valence-electron chi connectivity index (χ2n) is 5.74. The van der Waals surface area contributed by atoms with Crippen molar-refractivity contribution in [3.05, 3.63) is 66.2 Å². The minimum atomic E-state index is 0.286. The summed E-state index contributed by atoms with van der Waals surface area (Å²) in [6.07, 6.45) is 2.76. The van der Waals surface area contributed by atoms with Crippen molar-refractivity contribution in [1.29, 1.82) is 5.26 Å². The maximum Gasteiger partial charge on any atom is 0.211 e. The van der Waals surface area contributed by atoms with Crippen molar-refractivity contribution >= 4 is 11.6 Å². The summed E-state index contributed by atoms with van der Waals surface area (Å²) in [6, 6.07) is 20.3. The first-order chi connectivity index (χ1) is 11.7. The van der Waals surface area contributed by atoms with E-state index in [1.807, 2.05) is 42.6 Å². The smallest absolute Gasteiger partial charge is 0.211 e. The van der Waals surface area contributed by atoms with E-state index in [0.717, 1.165) is 12.1 Å². The highest BCUT2D eigenvalue weighted by molar-refractivity contribution is 5.94. The number of para-hydroxylation sites is 1. The zero-order valence-electron chi connectivity index (χ0n) is 14.1. The Hall–Kier alpha value is -2.84. The number of hydrogen-bond acceptors (Lipinski definition) is 3. The van der Waals surface area contributed by atoms with E-state index in [2.05, 4.69) is 58.9 Å². The second-order valence-corrected chi connectivity index (χ2v) is 5.74. The molecule has 2 aromatic rings. The Balaban J connectivity index is 1.98. The van der Waals surface area contributed by atoms with Gasteiger partial charge in [0.05, 0.1) is 0 Å². The number of anilines is 1. The molecule has 0 aliphatic heterocycles. The molecular formula is C19H23N5. The Bertz CT molecular complexity index is 674. The van der Waals surface area contributed by atoms with E-state index in [-0.39, 0.29) is 6.04 Å². The Labute approximate surface area is 143 Å². The predicted molar refractivity (Wildman–Crippen MR) is 98.7 cm³/mol. The number of nitrogens with zero attached hydrogens (tertiary/aromatic N) is 3. The number of benzene rings is 2. The molecule has 2 aromatic carbocycles. The van der Waals surface area contributed by atoms with Gasteiger partial charge in [-0.15, -0.1) is 4.99 Å². The van der Waals surface area contributed by atoms with Crippen molar-refractivity contribution in [1.82, 2.24) is 10.2 Å². The van der Waals surface area contributed by atoms with Gasteiger partial charge in [0, 0.05) is 18.3 Å². The van der Waals surface area contributed by atoms with E-state index in [9.17, 15) is 0 Å². The monoisotopic (exact) mass is 321 g/mol. The largest absolute Gasteiger partial charge is 0.354 e. The quantitative estimate of drug-likeness (QED) is 0.488. The molecule has 0 fully saturated rings. The van der Waals surface area contributed by atoms with E-state index in [1.165, 1.54) is 5.56 Å². The number of rotatable bonds is 6. The van der Waals surface area contributed by atoms with Gasteiger partial charge < -0.3 is 15.5 Å². The molecule has 0 radical (unpaired) electrons. The van der Waals surface area contributed by atoms with Crippen LogP contribution in [0.25, 0.3) is 0 Å². The maximum atomic E-state index is 8.90. The fourth-order valence-corrected chi connectivity index (χ4v) is 2.36. The summed E-state index contributed by atoms with van der Waals surface area (Å²) in [5.41, 5.74) is 2.18. The summed E-state index contributed by atoms with van der Waals surface area (Å²) in [6.45, 7) is 0.683. The van der Waals surface area contributed by atoms with Crippen molar-refractivity contribution in [2.75, 3.05) is 26.0 Å². The van der Waals surface area contributed by atoms with E-state index in [0.29, 0.717) is 12.5 Å². The minimum Gasteiger partial charge on any atom is -0.354 e. The molecule has 0 saturated carbocycles. The van der Waals surface area contributed by atoms with Crippen LogP contribution in [0.15, 0.2) is 65.7 Å². The van der Waals surface area contributed by atoms with E-state index >= 15 is 0 Å². The summed E-state index contributed by atoms with van der Waals surface area (Å²) in [4.78, 5) is 6.01. The molecule has 2 rings (SSSR count). The lowest BCUT2D eigenvalue weighted by molar-refractivity contribution is 0.291. The third kappa shape index (κ3) is 5.75. The molecule has 0 saturated heterocycles. The highest BCUT2D eigenvalue weighted by atomic mass is 15.2. The van der Waals surface area contributed by atoms with Gasteiger partial charge in [0.15, 0.2) is 0 Å². The lowest BCUT2D eigenvalue weighted by Crippen LogP contribution is -2.43. The SMILES string of the molecule is CN(C)C(CNC(=NC#N)Nc1ccccc1)Cc1ccccc1. The second kappa shape index (κ2) is 9.33. The standard InChI is InChI=1S/C19H23N5/c1-24(2)18(13-16-9-5-3-6-10-16)14-21-19(22-15-20)23-17-11-7-4-8-12-17/h3-12,18H,13-14H2,1-2H3,(H2,21,22,23). The first kappa shape index (κ1) is 17.5. The lowest BCUT2D eigenvalue weighted by atomic mass is 10.1. The number of likely N-dealkylation sites (N-methyl/N-ethyl adjacent to an activating group) is 1. The van der Waals surface area contributed by atoms with Crippen LogP contribution in [0.1, 0.15) is 5.56 Å². The van der Waals surface area contributed by atoms with Crippen LogP contribution >= 0.6 is 0 Å². The average Bonchev–Trinajstić information content (AvgIpc) is 2.60. The first-order valence-corrected chi connectivity index (χ1v) is 7.92. The zero-order valence-corrected chi connectivity index (χ0v) is 14.1. The van der Waals surface area contributed by atoms with Crippen LogP contribution in [0.3, 0.4) is 0 Å². The van der Waals surface area contributed by atoms with Crippen LogP contribution in [-0.2, 0) is 6.42 Å². The Morgan fingerprint density at radius 2 is 1.71 bits per heavy atom. The number of hydrogen-bond donors (Lipinski definition) is 2. The first-order valence-electron chi connectivity index (χ1n) is 7.92. The summed E-state index contributed by atoms with van der Waals surface area (Å²) in [5, 5.41) is 15.3. The van der Waals surface area contributed by atoms with Crippen LogP contribution in [0.4, 0.5) is 5.69 Å². The zero-order chi connectivity index (χ0) is 17.2. The maximum absolute atomic E-state index is 8.90. The van der Waals surface area contributed by atoms with Crippen molar-refractivity contribution in [2.45, 2.75) is 12.5 Å². The van der Waals surface area contributed by atoms with Gasteiger partial charge in [0.2, 0.25) is 12.2 Å².